The molecular formula is C16H23NO7. The van der Waals surface area contributed by atoms with Gasteiger partial charge >= 0.3 is 11.9 Å². The monoisotopic (exact) mass is 341 g/mol. The third kappa shape index (κ3) is 17.3. The van der Waals surface area contributed by atoms with E-state index in [1.54, 1.807) is 6.92 Å². The van der Waals surface area contributed by atoms with Crippen LogP contribution < -0.4 is 5.32 Å². The number of ether oxygens (including phenoxy) is 3. The summed E-state index contributed by atoms with van der Waals surface area (Å²) in [5.41, 5.74) is 0.433. The van der Waals surface area contributed by atoms with Crippen molar-refractivity contribution in [2.24, 2.45) is 0 Å². The molecule has 0 aromatic rings. The van der Waals surface area contributed by atoms with Crippen LogP contribution in [0.1, 0.15) is 13.8 Å². The van der Waals surface area contributed by atoms with Crippen LogP contribution in [0.3, 0.4) is 0 Å². The second-order valence-corrected chi connectivity index (χ2v) is 4.33. The number of epoxide rings is 1. The maximum absolute atomic E-state index is 10.2. The molecule has 2 rings (SSSR count). The van der Waals surface area contributed by atoms with E-state index in [2.05, 4.69) is 29.6 Å². The summed E-state index contributed by atoms with van der Waals surface area (Å²) in [4.78, 5) is 40.1. The van der Waals surface area contributed by atoms with Gasteiger partial charge in [0.2, 0.25) is 0 Å². The predicted molar refractivity (Wildman–Crippen MR) is 86.7 cm³/mol. The Kier molecular flexibility index (Phi) is 13.6. The van der Waals surface area contributed by atoms with Gasteiger partial charge in [0, 0.05) is 23.8 Å². The van der Waals surface area contributed by atoms with E-state index in [4.69, 9.17) is 4.74 Å². The Balaban J connectivity index is 0. The molecule has 8 nitrogen and oxygen atoms in total. The molecule has 2 aliphatic rings. The maximum atomic E-state index is 10.2. The van der Waals surface area contributed by atoms with E-state index in [-0.39, 0.29) is 17.8 Å². The van der Waals surface area contributed by atoms with Crippen molar-refractivity contribution in [3.05, 3.63) is 37.0 Å². The number of carbonyl (C=O) groups is 4. The molecule has 0 spiro atoms. The van der Waals surface area contributed by atoms with Crippen molar-refractivity contribution in [1.82, 2.24) is 5.32 Å². The van der Waals surface area contributed by atoms with Crippen molar-refractivity contribution < 1.29 is 33.4 Å². The quantitative estimate of drug-likeness (QED) is 0.340. The van der Waals surface area contributed by atoms with Crippen molar-refractivity contribution in [1.29, 1.82) is 0 Å². The van der Waals surface area contributed by atoms with E-state index in [0.717, 1.165) is 12.7 Å². The number of hydrogen-bond acceptors (Lipinski definition) is 7. The first-order valence-corrected chi connectivity index (χ1v) is 6.76. The maximum Gasteiger partial charge on any atom is 0.332 e. The second-order valence-electron chi connectivity index (χ2n) is 4.33. The van der Waals surface area contributed by atoms with Crippen molar-refractivity contribution in [2.75, 3.05) is 20.8 Å². The van der Waals surface area contributed by atoms with Crippen molar-refractivity contribution in [3.63, 3.8) is 0 Å². The van der Waals surface area contributed by atoms with Crippen LogP contribution in [0.4, 0.5) is 0 Å². The highest BCUT2D eigenvalue weighted by Gasteiger charge is 2.13. The highest BCUT2D eigenvalue weighted by atomic mass is 16.6. The number of hydrogen-bond donors (Lipinski definition) is 1. The largest absolute Gasteiger partial charge is 0.466 e. The van der Waals surface area contributed by atoms with Gasteiger partial charge in [-0.15, -0.1) is 0 Å². The average molecular weight is 341 g/mol. The predicted octanol–water partition coefficient (Wildman–Crippen LogP) is 0.685. The lowest BCUT2D eigenvalue weighted by molar-refractivity contribution is -0.136. The molecule has 0 radical (unpaired) electrons. The lowest BCUT2D eigenvalue weighted by Gasteiger charge is -1.91. The second kappa shape index (κ2) is 13.9. The molecular weight excluding hydrogens is 318 g/mol. The van der Waals surface area contributed by atoms with E-state index < -0.39 is 5.97 Å². The zero-order chi connectivity index (χ0) is 19.1. The van der Waals surface area contributed by atoms with Gasteiger partial charge in [0.1, 0.15) is 0 Å². The Morgan fingerprint density at radius 2 is 1.67 bits per heavy atom. The summed E-state index contributed by atoms with van der Waals surface area (Å²) in [6.07, 6.45) is 4.09. The van der Waals surface area contributed by atoms with E-state index in [0.29, 0.717) is 11.7 Å². The third-order valence-corrected chi connectivity index (χ3v) is 2.03. The molecule has 1 N–H and O–H groups in total. The summed E-state index contributed by atoms with van der Waals surface area (Å²) in [7, 11) is 2.64. The molecule has 0 aliphatic carbocycles. The molecule has 1 saturated heterocycles. The molecule has 2 aliphatic heterocycles. The topological polar surface area (TPSA) is 111 Å². The molecule has 1 atom stereocenters. The van der Waals surface area contributed by atoms with Crippen LogP contribution >= 0.6 is 0 Å². The minimum Gasteiger partial charge on any atom is -0.466 e. The molecule has 1 fully saturated rings. The standard InChI is InChI=1S/C5H8O2.C4H3NO2.C4H6O2.C3H6O/c1-4(2)5(6)7-3;6-3-1-2-4(7)5-3;1-3-4(5)6-2;1-3-2-4-3/h1H2,2-3H3;1-2H,(H,5,6,7);3H,1H2,2H3;3H,2H2,1H3. The number of carbonyl (C=O) groups excluding carboxylic acids is 4. The summed E-state index contributed by atoms with van der Waals surface area (Å²) in [6.45, 7) is 11.2. The summed E-state index contributed by atoms with van der Waals surface area (Å²) < 4.78 is 13.1. The van der Waals surface area contributed by atoms with Crippen molar-refractivity contribution in [2.45, 2.75) is 20.0 Å². The van der Waals surface area contributed by atoms with E-state index in [1.807, 2.05) is 5.32 Å². The Morgan fingerprint density at radius 1 is 1.25 bits per heavy atom. The average Bonchev–Trinajstić information content (AvgIpc) is 3.25. The van der Waals surface area contributed by atoms with Crippen LogP contribution in [-0.2, 0) is 33.4 Å². The minimum absolute atomic E-state index is 0.329. The normalized spacial score (nSPS) is 15.8. The summed E-state index contributed by atoms with van der Waals surface area (Å²) in [5, 5.41) is 2.03. The summed E-state index contributed by atoms with van der Waals surface area (Å²) in [5.74, 6) is -1.40. The molecule has 2 amide bonds. The number of nitrogens with one attached hydrogen (secondary N) is 1. The van der Waals surface area contributed by atoms with Crippen molar-refractivity contribution in [3.8, 4) is 0 Å². The summed E-state index contributed by atoms with van der Waals surface area (Å²) >= 11 is 0. The molecule has 8 heteroatoms. The molecule has 0 aromatic carbocycles. The first kappa shape index (κ1) is 23.5. The van der Waals surface area contributed by atoms with Gasteiger partial charge in [-0.05, 0) is 13.8 Å². The SMILES string of the molecule is C=C(C)C(=O)OC.C=CC(=O)OC.CC1CO1.O=C1C=CC(=O)N1. The first-order valence-electron chi connectivity index (χ1n) is 6.76. The molecule has 24 heavy (non-hydrogen) atoms. The fourth-order valence-corrected chi connectivity index (χ4v) is 0.710. The zero-order valence-corrected chi connectivity index (χ0v) is 14.3. The Labute approximate surface area is 141 Å². The lowest BCUT2D eigenvalue weighted by Crippen LogP contribution is -2.19. The fourth-order valence-electron chi connectivity index (χ4n) is 0.710. The van der Waals surface area contributed by atoms with Gasteiger partial charge in [-0.1, -0.05) is 13.2 Å². The number of imide groups is 1. The smallest absolute Gasteiger partial charge is 0.332 e. The van der Waals surface area contributed by atoms with Crippen LogP contribution in [0.15, 0.2) is 37.0 Å². The molecule has 1 unspecified atom stereocenters. The number of methoxy groups -OCH3 is 2. The summed E-state index contributed by atoms with van der Waals surface area (Å²) in [6, 6.07) is 0. The van der Waals surface area contributed by atoms with Crippen LogP contribution in [0.5, 0.6) is 0 Å². The van der Waals surface area contributed by atoms with Gasteiger partial charge in [0.05, 0.1) is 26.9 Å². The molecule has 134 valence electrons. The van der Waals surface area contributed by atoms with Crippen LogP contribution in [0, 0.1) is 0 Å². The molecule has 2 heterocycles. The van der Waals surface area contributed by atoms with Gasteiger partial charge in [-0.2, -0.15) is 0 Å². The van der Waals surface area contributed by atoms with Gasteiger partial charge in [-0.25, -0.2) is 9.59 Å². The fraction of sp³-hybridized carbons (Fsp3) is 0.375. The van der Waals surface area contributed by atoms with Crippen LogP contribution in [0.25, 0.3) is 0 Å². The number of esters is 2. The van der Waals surface area contributed by atoms with E-state index in [1.165, 1.54) is 26.4 Å². The number of amides is 2. The van der Waals surface area contributed by atoms with Gasteiger partial charge in [-0.3, -0.25) is 14.9 Å². The van der Waals surface area contributed by atoms with Crippen LogP contribution in [0.2, 0.25) is 0 Å². The molecule has 0 bridgehead atoms. The molecule has 0 saturated carbocycles. The zero-order valence-electron chi connectivity index (χ0n) is 14.3. The lowest BCUT2D eigenvalue weighted by atomic mass is 10.4. The molecule has 0 aromatic heterocycles. The van der Waals surface area contributed by atoms with E-state index in [9.17, 15) is 19.2 Å². The van der Waals surface area contributed by atoms with Crippen LogP contribution in [-0.4, -0.2) is 50.7 Å². The minimum atomic E-state index is -0.394. The third-order valence-electron chi connectivity index (χ3n) is 2.03. The highest BCUT2D eigenvalue weighted by Crippen LogP contribution is 2.04. The Morgan fingerprint density at radius 3 is 1.71 bits per heavy atom. The Hall–Kier alpha value is -2.74. The Bertz CT molecular complexity index is 489. The van der Waals surface area contributed by atoms with Gasteiger partial charge in [0.25, 0.3) is 11.8 Å². The highest BCUT2D eigenvalue weighted by molar-refractivity contribution is 6.12. The van der Waals surface area contributed by atoms with Crippen molar-refractivity contribution >= 4 is 23.8 Å². The number of rotatable bonds is 2. The van der Waals surface area contributed by atoms with Gasteiger partial charge < -0.3 is 14.2 Å². The van der Waals surface area contributed by atoms with E-state index >= 15 is 0 Å². The van der Waals surface area contributed by atoms with Gasteiger partial charge in [0.15, 0.2) is 0 Å². The first-order chi connectivity index (χ1) is 11.2.